The van der Waals surface area contributed by atoms with Crippen LogP contribution in [0.2, 0.25) is 0 Å². The van der Waals surface area contributed by atoms with Gasteiger partial charge in [-0.05, 0) is 106 Å². The molecule has 16 nitrogen and oxygen atoms in total. The third-order valence-corrected chi connectivity index (χ3v) is 13.4. The van der Waals surface area contributed by atoms with Crippen molar-refractivity contribution in [1.29, 1.82) is 0 Å². The van der Waals surface area contributed by atoms with E-state index in [1.165, 1.54) is 29.5 Å². The monoisotopic (exact) mass is 930 g/mol. The van der Waals surface area contributed by atoms with Gasteiger partial charge < -0.3 is 40.5 Å². The van der Waals surface area contributed by atoms with Crippen LogP contribution in [0.5, 0.6) is 0 Å². The Morgan fingerprint density at radius 3 is 1.99 bits per heavy atom. The van der Waals surface area contributed by atoms with Crippen LogP contribution in [-0.4, -0.2) is 126 Å². The molecule has 0 radical (unpaired) electrons. The Hall–Kier alpha value is -5.51. The summed E-state index contributed by atoms with van der Waals surface area (Å²) in [6.45, 7) is 19.7. The van der Waals surface area contributed by atoms with Gasteiger partial charge >= 0.3 is 12.1 Å². The number of methoxy groups -OCH3 is 1. The minimum Gasteiger partial charge on any atom is -0.467 e. The van der Waals surface area contributed by atoms with Gasteiger partial charge in [0.1, 0.15) is 35.8 Å². The van der Waals surface area contributed by atoms with E-state index in [0.29, 0.717) is 0 Å². The molecule has 1 aliphatic carbocycles. The smallest absolute Gasteiger partial charge is 0.410 e. The van der Waals surface area contributed by atoms with Crippen LogP contribution in [0, 0.1) is 10.8 Å². The summed E-state index contributed by atoms with van der Waals surface area (Å²) in [7, 11) is 4.40. The van der Waals surface area contributed by atoms with Gasteiger partial charge in [-0.2, -0.15) is 0 Å². The highest BCUT2D eigenvalue weighted by atomic mass is 16.6. The van der Waals surface area contributed by atoms with Crippen molar-refractivity contribution >= 4 is 41.6 Å². The molecule has 5 rings (SSSR count). The third kappa shape index (κ3) is 12.3. The van der Waals surface area contributed by atoms with Crippen LogP contribution in [0.3, 0.4) is 0 Å². The summed E-state index contributed by atoms with van der Waals surface area (Å²) in [5.41, 5.74) is 2.48. The molecule has 368 valence electrons. The predicted molar refractivity (Wildman–Crippen MR) is 254 cm³/mol. The summed E-state index contributed by atoms with van der Waals surface area (Å²) >= 11 is 0. The predicted octanol–water partition coefficient (Wildman–Crippen LogP) is 4.92. The van der Waals surface area contributed by atoms with Gasteiger partial charge in [-0.15, -0.1) is 0 Å². The van der Waals surface area contributed by atoms with Crippen LogP contribution in [0.4, 0.5) is 4.79 Å². The van der Waals surface area contributed by atoms with Crippen molar-refractivity contribution in [3.63, 3.8) is 0 Å². The highest BCUT2D eigenvalue weighted by molar-refractivity contribution is 5.95. The second-order valence-electron chi connectivity index (χ2n) is 21.7. The summed E-state index contributed by atoms with van der Waals surface area (Å²) in [6.07, 6.45) is 2.39. The lowest BCUT2D eigenvalue weighted by atomic mass is 9.83. The topological polar surface area (TPSA) is 196 Å². The number of rotatable bonds is 12. The number of carbonyl (C=O) groups excluding carboxylic acids is 7. The fourth-order valence-corrected chi connectivity index (χ4v) is 9.13. The number of fused-ring (bicyclic) bond motifs is 2. The number of carbonyl (C=O) groups is 7. The van der Waals surface area contributed by atoms with Gasteiger partial charge in [0.2, 0.25) is 29.5 Å². The molecule has 0 spiro atoms. The van der Waals surface area contributed by atoms with Crippen molar-refractivity contribution in [2.75, 3.05) is 27.7 Å². The van der Waals surface area contributed by atoms with Crippen LogP contribution in [0.15, 0.2) is 42.5 Å². The zero-order valence-electron chi connectivity index (χ0n) is 42.1. The highest BCUT2D eigenvalue weighted by Gasteiger charge is 2.47. The van der Waals surface area contributed by atoms with E-state index in [2.05, 4.69) is 27.3 Å². The molecule has 1 saturated heterocycles. The molecule has 8 atom stereocenters. The van der Waals surface area contributed by atoms with Crippen LogP contribution in [0.1, 0.15) is 135 Å². The van der Waals surface area contributed by atoms with Gasteiger partial charge in [0, 0.05) is 32.5 Å². The Bertz CT molecular complexity index is 2190. The zero-order valence-corrected chi connectivity index (χ0v) is 42.1. The minimum atomic E-state index is -1.08. The van der Waals surface area contributed by atoms with Gasteiger partial charge in [-0.3, -0.25) is 28.9 Å². The van der Waals surface area contributed by atoms with Crippen LogP contribution in [-0.2, 0) is 57.6 Å². The molecule has 6 amide bonds. The van der Waals surface area contributed by atoms with E-state index in [1.807, 2.05) is 77.9 Å². The molecule has 16 heteroatoms. The van der Waals surface area contributed by atoms with Gasteiger partial charge in [-0.25, -0.2) is 9.59 Å². The third-order valence-electron chi connectivity index (χ3n) is 13.4. The lowest BCUT2D eigenvalue weighted by Crippen LogP contribution is -2.62. The number of ether oxygens (including phenoxy) is 2. The molecular formula is C51H75N7O9. The van der Waals surface area contributed by atoms with Crippen LogP contribution >= 0.6 is 0 Å². The fourth-order valence-electron chi connectivity index (χ4n) is 9.13. The second-order valence-corrected chi connectivity index (χ2v) is 21.7. The number of likely N-dealkylation sites (tertiary alicyclic amines) is 1. The first-order valence-corrected chi connectivity index (χ1v) is 23.6. The molecule has 0 aromatic heterocycles. The molecule has 1 fully saturated rings. The van der Waals surface area contributed by atoms with Gasteiger partial charge in [0.05, 0.1) is 19.2 Å². The van der Waals surface area contributed by atoms with Crippen LogP contribution in [0.25, 0.3) is 0 Å². The highest BCUT2D eigenvalue weighted by Crippen LogP contribution is 2.38. The normalized spacial score (nSPS) is 21.3. The Balaban J connectivity index is 1.46. The summed E-state index contributed by atoms with van der Waals surface area (Å²) in [4.78, 5) is 102. The van der Waals surface area contributed by atoms with E-state index >= 15 is 0 Å². The van der Waals surface area contributed by atoms with Crippen molar-refractivity contribution in [3.8, 4) is 0 Å². The Kier molecular flexibility index (Phi) is 16.3. The number of benzene rings is 2. The van der Waals surface area contributed by atoms with Crippen molar-refractivity contribution in [2.24, 2.45) is 10.8 Å². The SMILES string of the molecule is CN[C@@H](C)C(=O)N[C@H](C(=O)N1Cc2cc([C@H]3C[C@@H](C(=O)OC)N(C(=O)[C@@H](NC(=O)[C@H](C)N(C)C(=O)OC(C)(C)C)C(C)(C)C)C3)ccc2C[C@H]1C(=O)N[C@@H]1CCCc2ccccc21)C(C)(C)C. The number of esters is 1. The number of nitrogens with zero attached hydrogens (tertiary/aromatic N) is 3. The number of likely N-dealkylation sites (N-methyl/N-ethyl adjacent to an activating group) is 2. The van der Waals surface area contributed by atoms with E-state index < -0.39 is 76.6 Å². The Labute approximate surface area is 397 Å². The fraction of sp³-hybridized carbons (Fsp3) is 0.627. The summed E-state index contributed by atoms with van der Waals surface area (Å²) in [5, 5.41) is 12.1. The number of amides is 6. The first-order chi connectivity index (χ1) is 31.2. The average Bonchev–Trinajstić information content (AvgIpc) is 3.72. The summed E-state index contributed by atoms with van der Waals surface area (Å²) in [6, 6.07) is 8.36. The first kappa shape index (κ1) is 52.5. The summed E-state index contributed by atoms with van der Waals surface area (Å²) < 4.78 is 10.7. The molecule has 3 aliphatic rings. The molecule has 4 N–H and O–H groups in total. The van der Waals surface area contributed by atoms with Crippen molar-refractivity contribution in [3.05, 3.63) is 70.3 Å². The van der Waals surface area contributed by atoms with E-state index in [4.69, 9.17) is 9.47 Å². The maximum absolute atomic E-state index is 15.0. The maximum atomic E-state index is 15.0. The minimum absolute atomic E-state index is 0.0786. The van der Waals surface area contributed by atoms with Gasteiger partial charge in [-0.1, -0.05) is 84.0 Å². The molecule has 2 aromatic carbocycles. The van der Waals surface area contributed by atoms with Crippen molar-refractivity contribution in [2.45, 2.75) is 169 Å². The molecule has 0 unspecified atom stereocenters. The molecule has 0 saturated carbocycles. The van der Waals surface area contributed by atoms with E-state index in [1.54, 1.807) is 46.6 Å². The lowest BCUT2D eigenvalue weighted by Gasteiger charge is -2.42. The first-order valence-electron chi connectivity index (χ1n) is 23.6. The quantitative estimate of drug-likeness (QED) is 0.212. The number of hydrogen-bond donors (Lipinski definition) is 4. The van der Waals surface area contributed by atoms with E-state index in [-0.39, 0.29) is 55.6 Å². The summed E-state index contributed by atoms with van der Waals surface area (Å²) in [5.74, 6) is -2.97. The van der Waals surface area contributed by atoms with E-state index in [0.717, 1.165) is 41.5 Å². The van der Waals surface area contributed by atoms with E-state index in [9.17, 15) is 33.6 Å². The number of aryl methyl sites for hydroxylation is 1. The van der Waals surface area contributed by atoms with Crippen molar-refractivity contribution in [1.82, 2.24) is 36.0 Å². The number of nitrogens with one attached hydrogen (secondary N) is 4. The van der Waals surface area contributed by atoms with Crippen molar-refractivity contribution < 1.29 is 43.0 Å². The average molecular weight is 930 g/mol. The molecule has 2 aromatic rings. The zero-order chi connectivity index (χ0) is 49.9. The largest absolute Gasteiger partial charge is 0.467 e. The standard InChI is InChI=1S/C51H75N7O9/c1-29(52-12)42(59)54-40(49(3,4)5)45(62)57-27-34-24-32(22-23-33(34)25-38(57)44(61)53-37-21-17-19-31-18-15-16-20-36(31)37)35-26-39(47(64)66-14)58(28-35)46(63)41(50(6,7)8)55-43(60)30(2)56(13)48(65)67-51(9,10)11/h15-16,18,20,22-24,29-30,35,37-41,52H,17,19,21,25-28H2,1-14H3,(H,53,61)(H,54,59)(H,55,60)/t29-,30-,35-,37+,38-,39-,40+,41+/m0/s1. The molecule has 0 bridgehead atoms. The molecule has 2 heterocycles. The lowest BCUT2D eigenvalue weighted by molar-refractivity contribution is -0.153. The molecule has 2 aliphatic heterocycles. The Morgan fingerprint density at radius 1 is 0.776 bits per heavy atom. The molecule has 67 heavy (non-hydrogen) atoms. The second kappa shape index (κ2) is 20.8. The Morgan fingerprint density at radius 2 is 1.39 bits per heavy atom. The number of hydrogen-bond acceptors (Lipinski definition) is 10. The molecular weight excluding hydrogens is 855 g/mol. The van der Waals surface area contributed by atoms with Gasteiger partial charge in [0.15, 0.2) is 0 Å². The van der Waals surface area contributed by atoms with Crippen LogP contribution < -0.4 is 21.3 Å². The maximum Gasteiger partial charge on any atom is 0.410 e. The van der Waals surface area contributed by atoms with Gasteiger partial charge in [0.25, 0.3) is 0 Å².